The van der Waals surface area contributed by atoms with Gasteiger partial charge < -0.3 is 0 Å². The first-order valence-corrected chi connectivity index (χ1v) is 6.46. The van der Waals surface area contributed by atoms with Gasteiger partial charge in [-0.1, -0.05) is 42.5 Å². The molecule has 0 aromatic carbocycles. The first-order valence-electron chi connectivity index (χ1n) is 6.46. The van der Waals surface area contributed by atoms with Crippen LogP contribution in [0.5, 0.6) is 0 Å². The molecule has 88 valence electrons. The molecule has 0 saturated carbocycles. The lowest BCUT2D eigenvalue weighted by atomic mass is 9.95. The second-order valence-electron chi connectivity index (χ2n) is 4.51. The van der Waals surface area contributed by atoms with Crippen molar-refractivity contribution in [1.29, 1.82) is 0 Å². The van der Waals surface area contributed by atoms with Gasteiger partial charge in [0.15, 0.2) is 0 Å². The van der Waals surface area contributed by atoms with E-state index in [-0.39, 0.29) is 0 Å². The van der Waals surface area contributed by atoms with Gasteiger partial charge in [-0.2, -0.15) is 0 Å². The minimum atomic E-state index is 0.764. The molecule has 0 amide bonds. The van der Waals surface area contributed by atoms with Crippen LogP contribution in [0.2, 0.25) is 0 Å². The summed E-state index contributed by atoms with van der Waals surface area (Å²) in [6, 6.07) is 0. The van der Waals surface area contributed by atoms with Crippen molar-refractivity contribution in [1.82, 2.24) is 0 Å². The van der Waals surface area contributed by atoms with E-state index in [1.807, 2.05) is 6.08 Å². The first kappa shape index (κ1) is 13.0. The Hall–Kier alpha value is -1.04. The fraction of sp³-hybridized carbons (Fsp3) is 0.500. The number of allylic oxidation sites excluding steroid dienone is 6. The van der Waals surface area contributed by atoms with Crippen molar-refractivity contribution in [2.45, 2.75) is 44.9 Å². The predicted molar refractivity (Wildman–Crippen MR) is 73.4 cm³/mol. The lowest BCUT2D eigenvalue weighted by Crippen LogP contribution is -1.96. The molecule has 0 heteroatoms. The molecule has 0 fully saturated rings. The van der Waals surface area contributed by atoms with Crippen LogP contribution >= 0.6 is 0 Å². The summed E-state index contributed by atoms with van der Waals surface area (Å²) in [6.07, 6.45) is 19.8. The molecule has 0 N–H and O–H groups in total. The van der Waals surface area contributed by atoms with E-state index in [4.69, 9.17) is 0 Å². The van der Waals surface area contributed by atoms with E-state index in [9.17, 15) is 0 Å². The van der Waals surface area contributed by atoms with E-state index in [1.165, 1.54) is 50.5 Å². The Balaban J connectivity index is 0.000000160. The van der Waals surface area contributed by atoms with Gasteiger partial charge in [-0.15, -0.1) is 6.58 Å². The van der Waals surface area contributed by atoms with Crippen molar-refractivity contribution in [3.8, 4) is 0 Å². The molecule has 0 spiro atoms. The van der Waals surface area contributed by atoms with Gasteiger partial charge in [0.1, 0.15) is 0 Å². The standard InChI is InChI=1S/2C8H12/c2*1-2-8-6-4-3-5-7-8/h2,6H,1,3-5,7H2;2-4,8H,1,5-7H2. The maximum atomic E-state index is 3.75. The molecule has 0 aliphatic heterocycles. The minimum Gasteiger partial charge on any atom is -0.103 e. The Labute approximate surface area is 100 Å². The molecule has 0 saturated heterocycles. The molecule has 0 bridgehead atoms. The number of hydrogen-bond donors (Lipinski definition) is 0. The maximum absolute atomic E-state index is 3.75. The molecule has 2 rings (SSSR count). The highest BCUT2D eigenvalue weighted by atomic mass is 14.1. The van der Waals surface area contributed by atoms with Crippen molar-refractivity contribution < 1.29 is 0 Å². The second kappa shape index (κ2) is 8.15. The molecule has 0 heterocycles. The average molecular weight is 216 g/mol. The number of hydrogen-bond acceptors (Lipinski definition) is 0. The van der Waals surface area contributed by atoms with Gasteiger partial charge in [0.25, 0.3) is 0 Å². The van der Waals surface area contributed by atoms with Crippen molar-refractivity contribution in [2.24, 2.45) is 5.92 Å². The van der Waals surface area contributed by atoms with Gasteiger partial charge in [-0.05, 0) is 50.9 Å². The van der Waals surface area contributed by atoms with Gasteiger partial charge in [-0.25, -0.2) is 0 Å². The highest BCUT2D eigenvalue weighted by Crippen LogP contribution is 2.18. The number of rotatable bonds is 2. The Kier molecular flexibility index (Phi) is 6.64. The lowest BCUT2D eigenvalue weighted by Gasteiger charge is -2.11. The van der Waals surface area contributed by atoms with E-state index >= 15 is 0 Å². The quantitative estimate of drug-likeness (QED) is 0.556. The van der Waals surface area contributed by atoms with Crippen LogP contribution in [0, 0.1) is 5.92 Å². The molecule has 16 heavy (non-hydrogen) atoms. The van der Waals surface area contributed by atoms with Crippen molar-refractivity contribution in [2.75, 3.05) is 0 Å². The fourth-order valence-corrected chi connectivity index (χ4v) is 2.08. The third kappa shape index (κ3) is 5.16. The van der Waals surface area contributed by atoms with Crippen molar-refractivity contribution in [3.05, 3.63) is 49.1 Å². The van der Waals surface area contributed by atoms with Crippen LogP contribution in [-0.4, -0.2) is 0 Å². The molecular weight excluding hydrogens is 192 g/mol. The third-order valence-corrected chi connectivity index (χ3v) is 3.23. The van der Waals surface area contributed by atoms with Crippen LogP contribution in [0.3, 0.4) is 0 Å². The van der Waals surface area contributed by atoms with Crippen LogP contribution < -0.4 is 0 Å². The van der Waals surface area contributed by atoms with E-state index in [0.717, 1.165) is 5.92 Å². The lowest BCUT2D eigenvalue weighted by molar-refractivity contribution is 0.585. The van der Waals surface area contributed by atoms with Crippen molar-refractivity contribution in [3.63, 3.8) is 0 Å². The van der Waals surface area contributed by atoms with Crippen LogP contribution in [-0.2, 0) is 0 Å². The van der Waals surface area contributed by atoms with Gasteiger partial charge in [0, 0.05) is 0 Å². The fourth-order valence-electron chi connectivity index (χ4n) is 2.08. The van der Waals surface area contributed by atoms with E-state index in [2.05, 4.69) is 37.5 Å². The molecule has 2 aliphatic rings. The predicted octanol–water partition coefficient (Wildman–Crippen LogP) is 5.20. The van der Waals surface area contributed by atoms with Crippen molar-refractivity contribution >= 4 is 0 Å². The molecule has 2 aliphatic carbocycles. The summed E-state index contributed by atoms with van der Waals surface area (Å²) in [5.74, 6) is 0.764. The molecule has 0 radical (unpaired) electrons. The topological polar surface area (TPSA) is 0 Å². The molecule has 0 aromatic rings. The summed E-state index contributed by atoms with van der Waals surface area (Å²) in [6.45, 7) is 7.47. The zero-order valence-electron chi connectivity index (χ0n) is 10.3. The summed E-state index contributed by atoms with van der Waals surface area (Å²) in [4.78, 5) is 0. The first-order chi connectivity index (χ1) is 7.86. The Bertz CT molecular complexity index is 268. The SMILES string of the molecule is C=CC1=CCCCC1.C=CC1CC=CCC1. The normalized spacial score (nSPS) is 23.8. The molecule has 0 nitrogen and oxygen atoms in total. The summed E-state index contributed by atoms with van der Waals surface area (Å²) in [5.41, 5.74) is 1.44. The summed E-state index contributed by atoms with van der Waals surface area (Å²) < 4.78 is 0. The van der Waals surface area contributed by atoms with Crippen LogP contribution in [0.15, 0.2) is 49.1 Å². The Morgan fingerprint density at radius 2 is 2.00 bits per heavy atom. The molecular formula is C16H24. The monoisotopic (exact) mass is 216 g/mol. The van der Waals surface area contributed by atoms with Gasteiger partial charge in [0.2, 0.25) is 0 Å². The summed E-state index contributed by atoms with van der Waals surface area (Å²) >= 11 is 0. The van der Waals surface area contributed by atoms with E-state index in [0.29, 0.717) is 0 Å². The Morgan fingerprint density at radius 1 is 1.12 bits per heavy atom. The zero-order chi connectivity index (χ0) is 11.6. The summed E-state index contributed by atoms with van der Waals surface area (Å²) in [5, 5.41) is 0. The van der Waals surface area contributed by atoms with Gasteiger partial charge >= 0.3 is 0 Å². The van der Waals surface area contributed by atoms with E-state index < -0.39 is 0 Å². The smallest absolute Gasteiger partial charge is 0.0199 e. The van der Waals surface area contributed by atoms with Gasteiger partial charge in [0.05, 0.1) is 0 Å². The second-order valence-corrected chi connectivity index (χ2v) is 4.51. The average Bonchev–Trinajstić information content (AvgIpc) is 2.41. The highest BCUT2D eigenvalue weighted by Gasteiger charge is 2.02. The highest BCUT2D eigenvalue weighted by molar-refractivity contribution is 5.17. The molecule has 0 aromatic heterocycles. The van der Waals surface area contributed by atoms with Crippen LogP contribution in [0.25, 0.3) is 0 Å². The van der Waals surface area contributed by atoms with Crippen LogP contribution in [0.4, 0.5) is 0 Å². The van der Waals surface area contributed by atoms with E-state index in [1.54, 1.807) is 0 Å². The van der Waals surface area contributed by atoms with Gasteiger partial charge in [-0.3, -0.25) is 0 Å². The minimum absolute atomic E-state index is 0.764. The maximum Gasteiger partial charge on any atom is -0.0199 e. The largest absolute Gasteiger partial charge is 0.103 e. The Morgan fingerprint density at radius 3 is 2.38 bits per heavy atom. The van der Waals surface area contributed by atoms with Crippen LogP contribution in [0.1, 0.15) is 44.9 Å². The summed E-state index contributed by atoms with van der Waals surface area (Å²) in [7, 11) is 0. The zero-order valence-corrected chi connectivity index (χ0v) is 10.3. The third-order valence-electron chi connectivity index (χ3n) is 3.23. The molecule has 1 unspecified atom stereocenters. The molecule has 1 atom stereocenters.